The first-order valence-electron chi connectivity index (χ1n) is 7.90. The summed E-state index contributed by atoms with van der Waals surface area (Å²) in [4.78, 5) is 14.3. The predicted molar refractivity (Wildman–Crippen MR) is 97.3 cm³/mol. The minimum Gasteiger partial charge on any atom is -0.464 e. The molecule has 3 aromatic rings. The second kappa shape index (κ2) is 6.70. The number of fused-ring (bicyclic) bond motifs is 1. The lowest BCUT2D eigenvalue weighted by atomic mass is 10.0. The SMILES string of the molecule is Cc1cc2occ(CC(=O)N(C)Cc3ccccc3Cl)c2cc1C. The van der Waals surface area contributed by atoms with Crippen molar-refractivity contribution < 1.29 is 9.21 Å². The van der Waals surface area contributed by atoms with E-state index in [1.807, 2.05) is 30.3 Å². The van der Waals surface area contributed by atoms with E-state index in [2.05, 4.69) is 19.9 Å². The topological polar surface area (TPSA) is 33.5 Å². The van der Waals surface area contributed by atoms with E-state index in [9.17, 15) is 4.79 Å². The zero-order chi connectivity index (χ0) is 17.3. The van der Waals surface area contributed by atoms with Gasteiger partial charge in [0.05, 0.1) is 12.7 Å². The van der Waals surface area contributed by atoms with Crippen molar-refractivity contribution in [1.29, 1.82) is 0 Å². The number of likely N-dealkylation sites (N-methyl/N-ethyl adjacent to an activating group) is 1. The molecule has 124 valence electrons. The summed E-state index contributed by atoms with van der Waals surface area (Å²) in [5.41, 5.74) is 5.07. The first kappa shape index (κ1) is 16.6. The van der Waals surface area contributed by atoms with Gasteiger partial charge in [-0.05, 0) is 48.7 Å². The molecule has 1 amide bonds. The lowest BCUT2D eigenvalue weighted by Crippen LogP contribution is -2.27. The second-order valence-electron chi connectivity index (χ2n) is 6.21. The van der Waals surface area contributed by atoms with Crippen molar-refractivity contribution in [2.24, 2.45) is 0 Å². The van der Waals surface area contributed by atoms with Crippen molar-refractivity contribution >= 4 is 28.5 Å². The summed E-state index contributed by atoms with van der Waals surface area (Å²) in [7, 11) is 1.79. The maximum atomic E-state index is 12.6. The van der Waals surface area contributed by atoms with Crippen LogP contribution in [0.5, 0.6) is 0 Å². The molecule has 0 aliphatic rings. The van der Waals surface area contributed by atoms with Gasteiger partial charge in [-0.1, -0.05) is 29.8 Å². The van der Waals surface area contributed by atoms with Gasteiger partial charge in [0.1, 0.15) is 5.58 Å². The fourth-order valence-corrected chi connectivity index (χ4v) is 2.94. The Morgan fingerprint density at radius 3 is 2.58 bits per heavy atom. The summed E-state index contributed by atoms with van der Waals surface area (Å²) < 4.78 is 5.61. The molecule has 0 saturated carbocycles. The van der Waals surface area contributed by atoms with E-state index in [0.29, 0.717) is 18.0 Å². The average Bonchev–Trinajstić information content (AvgIpc) is 2.92. The molecule has 0 saturated heterocycles. The van der Waals surface area contributed by atoms with Crippen molar-refractivity contribution in [3.05, 3.63) is 69.9 Å². The van der Waals surface area contributed by atoms with E-state index in [1.54, 1.807) is 18.2 Å². The third-order valence-corrected chi connectivity index (χ3v) is 4.77. The highest BCUT2D eigenvalue weighted by atomic mass is 35.5. The third kappa shape index (κ3) is 3.31. The molecule has 0 unspecified atom stereocenters. The third-order valence-electron chi connectivity index (χ3n) is 4.40. The number of furan rings is 1. The molecule has 0 aliphatic carbocycles. The molecule has 0 radical (unpaired) electrons. The number of benzene rings is 2. The van der Waals surface area contributed by atoms with Crippen LogP contribution in [0.4, 0.5) is 0 Å². The highest BCUT2D eigenvalue weighted by Crippen LogP contribution is 2.25. The zero-order valence-corrected chi connectivity index (χ0v) is 14.9. The normalized spacial score (nSPS) is 11.0. The van der Waals surface area contributed by atoms with Crippen LogP contribution >= 0.6 is 11.6 Å². The van der Waals surface area contributed by atoms with Crippen LogP contribution in [0.2, 0.25) is 5.02 Å². The number of aryl methyl sites for hydroxylation is 2. The Hall–Kier alpha value is -2.26. The van der Waals surface area contributed by atoms with E-state index >= 15 is 0 Å². The number of carbonyl (C=O) groups excluding carboxylic acids is 1. The van der Waals surface area contributed by atoms with Crippen molar-refractivity contribution in [2.45, 2.75) is 26.8 Å². The minimum atomic E-state index is 0.0378. The van der Waals surface area contributed by atoms with Crippen LogP contribution < -0.4 is 0 Å². The van der Waals surface area contributed by atoms with Gasteiger partial charge in [0, 0.05) is 29.6 Å². The lowest BCUT2D eigenvalue weighted by Gasteiger charge is -2.17. The maximum absolute atomic E-state index is 12.6. The number of carbonyl (C=O) groups is 1. The smallest absolute Gasteiger partial charge is 0.227 e. The van der Waals surface area contributed by atoms with E-state index < -0.39 is 0 Å². The van der Waals surface area contributed by atoms with Crippen molar-refractivity contribution in [2.75, 3.05) is 7.05 Å². The van der Waals surface area contributed by atoms with Crippen LogP contribution in [0.3, 0.4) is 0 Å². The van der Waals surface area contributed by atoms with Gasteiger partial charge in [0.15, 0.2) is 0 Å². The van der Waals surface area contributed by atoms with Crippen LogP contribution in [0.15, 0.2) is 47.1 Å². The molecule has 0 atom stereocenters. The Bertz CT molecular complexity index is 898. The Kier molecular flexibility index (Phi) is 4.63. The van der Waals surface area contributed by atoms with E-state index in [-0.39, 0.29) is 5.91 Å². The molecular formula is C20H20ClNO2. The van der Waals surface area contributed by atoms with Crippen molar-refractivity contribution in [3.63, 3.8) is 0 Å². The summed E-state index contributed by atoms with van der Waals surface area (Å²) in [5, 5.41) is 1.69. The largest absolute Gasteiger partial charge is 0.464 e. The number of amides is 1. The molecule has 0 N–H and O–H groups in total. The molecular weight excluding hydrogens is 322 g/mol. The standard InChI is InChI=1S/C20H20ClNO2/c1-13-8-17-16(12-24-19(17)9-14(13)2)10-20(23)22(3)11-15-6-4-5-7-18(15)21/h4-9,12H,10-11H2,1-3H3. The van der Waals surface area contributed by atoms with Crippen LogP contribution in [0.25, 0.3) is 11.0 Å². The molecule has 2 aromatic carbocycles. The number of hydrogen-bond acceptors (Lipinski definition) is 2. The van der Waals surface area contributed by atoms with E-state index in [4.69, 9.17) is 16.0 Å². The lowest BCUT2D eigenvalue weighted by molar-refractivity contribution is -0.129. The Labute approximate surface area is 146 Å². The van der Waals surface area contributed by atoms with Gasteiger partial charge < -0.3 is 9.32 Å². The number of hydrogen-bond donors (Lipinski definition) is 0. The number of nitrogens with zero attached hydrogens (tertiary/aromatic N) is 1. The summed E-state index contributed by atoms with van der Waals surface area (Å²) in [6.45, 7) is 4.61. The Morgan fingerprint density at radius 1 is 1.12 bits per heavy atom. The summed E-state index contributed by atoms with van der Waals surface area (Å²) in [5.74, 6) is 0.0378. The van der Waals surface area contributed by atoms with E-state index in [1.165, 1.54) is 11.1 Å². The molecule has 1 heterocycles. The zero-order valence-electron chi connectivity index (χ0n) is 14.1. The van der Waals surface area contributed by atoms with Crippen LogP contribution in [-0.4, -0.2) is 17.9 Å². The molecule has 24 heavy (non-hydrogen) atoms. The molecule has 0 fully saturated rings. The number of halogens is 1. The van der Waals surface area contributed by atoms with Crippen molar-refractivity contribution in [3.8, 4) is 0 Å². The van der Waals surface area contributed by atoms with Gasteiger partial charge in [-0.15, -0.1) is 0 Å². The first-order chi connectivity index (χ1) is 11.5. The van der Waals surface area contributed by atoms with E-state index in [0.717, 1.165) is 22.1 Å². The molecule has 0 bridgehead atoms. The molecule has 0 spiro atoms. The van der Waals surface area contributed by atoms with Gasteiger partial charge in [-0.2, -0.15) is 0 Å². The molecule has 3 rings (SSSR count). The van der Waals surface area contributed by atoms with Crippen LogP contribution in [-0.2, 0) is 17.8 Å². The van der Waals surface area contributed by atoms with Crippen molar-refractivity contribution in [1.82, 2.24) is 4.90 Å². The molecule has 1 aromatic heterocycles. The molecule has 4 heteroatoms. The Morgan fingerprint density at radius 2 is 1.83 bits per heavy atom. The highest BCUT2D eigenvalue weighted by molar-refractivity contribution is 6.31. The highest BCUT2D eigenvalue weighted by Gasteiger charge is 2.15. The number of rotatable bonds is 4. The van der Waals surface area contributed by atoms with Gasteiger partial charge in [0.2, 0.25) is 5.91 Å². The minimum absolute atomic E-state index is 0.0378. The second-order valence-corrected chi connectivity index (χ2v) is 6.62. The maximum Gasteiger partial charge on any atom is 0.227 e. The summed E-state index contributed by atoms with van der Waals surface area (Å²) in [6.07, 6.45) is 2.00. The predicted octanol–water partition coefficient (Wildman–Crippen LogP) is 4.90. The monoisotopic (exact) mass is 341 g/mol. The quantitative estimate of drug-likeness (QED) is 0.676. The first-order valence-corrected chi connectivity index (χ1v) is 8.28. The fraction of sp³-hybridized carbons (Fsp3) is 0.250. The fourth-order valence-electron chi connectivity index (χ4n) is 2.74. The van der Waals surface area contributed by atoms with Gasteiger partial charge in [-0.3, -0.25) is 4.79 Å². The summed E-state index contributed by atoms with van der Waals surface area (Å²) in [6, 6.07) is 11.7. The van der Waals surface area contributed by atoms with Crippen LogP contribution in [0.1, 0.15) is 22.3 Å². The average molecular weight is 342 g/mol. The van der Waals surface area contributed by atoms with Gasteiger partial charge >= 0.3 is 0 Å². The van der Waals surface area contributed by atoms with Crippen LogP contribution in [0, 0.1) is 13.8 Å². The van der Waals surface area contributed by atoms with Gasteiger partial charge in [-0.25, -0.2) is 0 Å². The molecule has 3 nitrogen and oxygen atoms in total. The Balaban J connectivity index is 1.77. The van der Waals surface area contributed by atoms with Gasteiger partial charge in [0.25, 0.3) is 0 Å². The molecule has 0 aliphatic heterocycles. The summed E-state index contributed by atoms with van der Waals surface area (Å²) >= 11 is 6.17.